The number of nitrogens with one attached hydrogen (secondary N) is 1. The molecule has 1 aromatic carbocycles. The Morgan fingerprint density at radius 3 is 2.93 bits per heavy atom. The van der Waals surface area contributed by atoms with Gasteiger partial charge in [0, 0.05) is 25.1 Å². The second-order valence-corrected chi connectivity index (χ2v) is 8.45. The van der Waals surface area contributed by atoms with Crippen molar-refractivity contribution in [1.29, 1.82) is 0 Å². The highest BCUT2D eigenvalue weighted by molar-refractivity contribution is 8.00. The molecule has 0 atom stereocenters. The van der Waals surface area contributed by atoms with E-state index in [-0.39, 0.29) is 5.91 Å². The Bertz CT molecular complexity index is 911. The van der Waals surface area contributed by atoms with Gasteiger partial charge in [0.05, 0.1) is 18.0 Å². The number of carbonyl (C=O) groups is 1. The predicted molar refractivity (Wildman–Crippen MR) is 112 cm³/mol. The number of amides is 1. The van der Waals surface area contributed by atoms with Crippen molar-refractivity contribution in [2.24, 2.45) is 0 Å². The van der Waals surface area contributed by atoms with Gasteiger partial charge in [0.25, 0.3) is 0 Å². The van der Waals surface area contributed by atoms with Gasteiger partial charge in [-0.05, 0) is 19.1 Å². The minimum atomic E-state index is -0.0317. The average Bonchev–Trinajstić information content (AvgIpc) is 3.30. The molecule has 27 heavy (non-hydrogen) atoms. The Hall–Kier alpha value is -2.17. The lowest BCUT2D eigenvalue weighted by atomic mass is 10.3. The van der Waals surface area contributed by atoms with Crippen LogP contribution < -0.4 is 15.0 Å². The molecule has 0 aliphatic heterocycles. The van der Waals surface area contributed by atoms with Crippen LogP contribution in [0.3, 0.4) is 0 Å². The van der Waals surface area contributed by atoms with E-state index < -0.39 is 0 Å². The molecule has 2 heterocycles. The lowest BCUT2D eigenvalue weighted by Gasteiger charge is -2.09. The van der Waals surface area contributed by atoms with E-state index >= 15 is 0 Å². The van der Waals surface area contributed by atoms with E-state index in [2.05, 4.69) is 20.5 Å². The number of rotatable bonds is 8. The molecule has 3 rings (SSSR count). The number of aromatic nitrogens is 3. The molecule has 0 spiro atoms. The predicted octanol–water partition coefficient (Wildman–Crippen LogP) is 4.41. The van der Waals surface area contributed by atoms with Crippen molar-refractivity contribution in [2.75, 3.05) is 23.9 Å². The van der Waals surface area contributed by atoms with Crippen LogP contribution in [0.15, 0.2) is 34.0 Å². The molecule has 10 heteroatoms. The SMILES string of the molecule is CCOc1ccccc1Nc1nnc(SCc2csc(N(C)C(C)=O)n2)s1. The van der Waals surface area contributed by atoms with Crippen molar-refractivity contribution >= 4 is 56.3 Å². The summed E-state index contributed by atoms with van der Waals surface area (Å²) in [7, 11) is 1.72. The number of carbonyl (C=O) groups excluding carboxylic acids is 1. The number of thiazole rings is 1. The first-order valence-corrected chi connectivity index (χ1v) is 10.9. The van der Waals surface area contributed by atoms with E-state index in [1.165, 1.54) is 29.6 Å². The summed E-state index contributed by atoms with van der Waals surface area (Å²) < 4.78 is 6.46. The summed E-state index contributed by atoms with van der Waals surface area (Å²) in [5.41, 5.74) is 1.78. The number of benzene rings is 1. The summed E-state index contributed by atoms with van der Waals surface area (Å²) >= 11 is 4.50. The second-order valence-electron chi connectivity index (χ2n) is 5.42. The van der Waals surface area contributed by atoms with Crippen LogP contribution in [0.2, 0.25) is 0 Å². The first-order chi connectivity index (χ1) is 13.1. The second kappa shape index (κ2) is 9.16. The maximum absolute atomic E-state index is 11.4. The molecule has 1 amide bonds. The van der Waals surface area contributed by atoms with Gasteiger partial charge in [-0.2, -0.15) is 0 Å². The third kappa shape index (κ3) is 5.18. The largest absolute Gasteiger partial charge is 0.492 e. The molecular weight excluding hydrogens is 402 g/mol. The molecule has 0 fully saturated rings. The molecule has 0 unspecified atom stereocenters. The normalized spacial score (nSPS) is 10.6. The van der Waals surface area contributed by atoms with Crippen molar-refractivity contribution in [3.63, 3.8) is 0 Å². The van der Waals surface area contributed by atoms with E-state index in [1.54, 1.807) is 23.7 Å². The van der Waals surface area contributed by atoms with Crippen LogP contribution in [0.25, 0.3) is 0 Å². The molecule has 0 radical (unpaired) electrons. The number of anilines is 3. The first-order valence-electron chi connectivity index (χ1n) is 8.20. The Kier molecular flexibility index (Phi) is 6.64. The number of para-hydroxylation sites is 2. The Morgan fingerprint density at radius 1 is 1.33 bits per heavy atom. The average molecular weight is 422 g/mol. The molecule has 142 valence electrons. The highest BCUT2D eigenvalue weighted by atomic mass is 32.2. The number of ether oxygens (including phenoxy) is 1. The Labute approximate surface area is 169 Å². The van der Waals surface area contributed by atoms with Crippen LogP contribution >= 0.6 is 34.4 Å². The van der Waals surface area contributed by atoms with Gasteiger partial charge in [0.15, 0.2) is 9.47 Å². The van der Waals surface area contributed by atoms with Crippen LogP contribution in [0.5, 0.6) is 5.75 Å². The zero-order chi connectivity index (χ0) is 19.2. The van der Waals surface area contributed by atoms with Gasteiger partial charge in [-0.25, -0.2) is 4.98 Å². The molecule has 0 saturated heterocycles. The fraction of sp³-hybridized carbons (Fsp3) is 0.294. The van der Waals surface area contributed by atoms with E-state index in [0.717, 1.165) is 21.5 Å². The van der Waals surface area contributed by atoms with Gasteiger partial charge < -0.3 is 10.1 Å². The van der Waals surface area contributed by atoms with E-state index in [9.17, 15) is 4.79 Å². The minimum absolute atomic E-state index is 0.0317. The third-order valence-corrected chi connectivity index (χ3v) is 6.45. The summed E-state index contributed by atoms with van der Waals surface area (Å²) in [5, 5.41) is 15.0. The van der Waals surface area contributed by atoms with Gasteiger partial charge >= 0.3 is 0 Å². The zero-order valence-corrected chi connectivity index (χ0v) is 17.6. The van der Waals surface area contributed by atoms with Gasteiger partial charge in [-0.15, -0.1) is 21.5 Å². The van der Waals surface area contributed by atoms with Crippen LogP contribution in [0.4, 0.5) is 16.0 Å². The molecule has 0 saturated carbocycles. The molecule has 0 bridgehead atoms. The van der Waals surface area contributed by atoms with E-state index in [0.29, 0.717) is 22.6 Å². The molecule has 0 aliphatic carbocycles. The van der Waals surface area contributed by atoms with Gasteiger partial charge in [0.1, 0.15) is 5.75 Å². The molecule has 7 nitrogen and oxygen atoms in total. The van der Waals surface area contributed by atoms with Crippen LogP contribution in [0.1, 0.15) is 19.5 Å². The van der Waals surface area contributed by atoms with Crippen molar-refractivity contribution in [2.45, 2.75) is 23.9 Å². The summed E-state index contributed by atoms with van der Waals surface area (Å²) in [6.45, 7) is 4.08. The van der Waals surface area contributed by atoms with E-state index in [4.69, 9.17) is 4.74 Å². The lowest BCUT2D eigenvalue weighted by molar-refractivity contribution is -0.116. The summed E-state index contributed by atoms with van der Waals surface area (Å²) in [4.78, 5) is 17.4. The van der Waals surface area contributed by atoms with Gasteiger partial charge in [-0.1, -0.05) is 35.2 Å². The third-order valence-electron chi connectivity index (χ3n) is 3.48. The van der Waals surface area contributed by atoms with Crippen molar-refractivity contribution in [1.82, 2.24) is 15.2 Å². The maximum Gasteiger partial charge on any atom is 0.225 e. The number of nitrogens with zero attached hydrogens (tertiary/aromatic N) is 4. The van der Waals surface area contributed by atoms with Gasteiger partial charge in [-0.3, -0.25) is 9.69 Å². The standard InChI is InChI=1S/C17H19N5O2S3/c1-4-24-14-8-6-5-7-13(14)19-15-20-21-17(27-15)26-10-12-9-25-16(18-12)22(3)11(2)23/h5-9H,4,10H2,1-3H3,(H,19,20). The Morgan fingerprint density at radius 2 is 2.15 bits per heavy atom. The summed E-state index contributed by atoms with van der Waals surface area (Å²) in [6, 6.07) is 7.74. The highest BCUT2D eigenvalue weighted by Crippen LogP contribution is 2.33. The monoisotopic (exact) mass is 421 g/mol. The molecular formula is C17H19N5O2S3. The maximum atomic E-state index is 11.4. The first kappa shape index (κ1) is 19.6. The highest BCUT2D eigenvalue weighted by Gasteiger charge is 2.12. The van der Waals surface area contributed by atoms with Crippen molar-refractivity contribution in [3.8, 4) is 5.75 Å². The smallest absolute Gasteiger partial charge is 0.225 e. The topological polar surface area (TPSA) is 80.2 Å². The minimum Gasteiger partial charge on any atom is -0.492 e. The zero-order valence-electron chi connectivity index (χ0n) is 15.1. The fourth-order valence-electron chi connectivity index (χ4n) is 2.07. The molecule has 3 aromatic rings. The number of hydrogen-bond donors (Lipinski definition) is 1. The fourth-order valence-corrected chi connectivity index (χ4v) is 4.67. The molecule has 0 aliphatic rings. The van der Waals surface area contributed by atoms with Crippen molar-refractivity contribution < 1.29 is 9.53 Å². The van der Waals surface area contributed by atoms with Crippen LogP contribution in [0, 0.1) is 0 Å². The van der Waals surface area contributed by atoms with Crippen molar-refractivity contribution in [3.05, 3.63) is 35.3 Å². The van der Waals surface area contributed by atoms with E-state index in [1.807, 2.05) is 36.6 Å². The number of thioether (sulfide) groups is 1. The quantitative estimate of drug-likeness (QED) is 0.540. The molecule has 1 N–H and O–H groups in total. The summed E-state index contributed by atoms with van der Waals surface area (Å²) in [5.74, 6) is 1.43. The van der Waals surface area contributed by atoms with Crippen LogP contribution in [-0.4, -0.2) is 34.7 Å². The van der Waals surface area contributed by atoms with Gasteiger partial charge in [0.2, 0.25) is 11.0 Å². The lowest BCUT2D eigenvalue weighted by Crippen LogP contribution is -2.22. The van der Waals surface area contributed by atoms with Crippen LogP contribution in [-0.2, 0) is 10.5 Å². The summed E-state index contributed by atoms with van der Waals surface area (Å²) in [6.07, 6.45) is 0. The Balaban J connectivity index is 1.59. The molecule has 2 aromatic heterocycles. The number of hydrogen-bond acceptors (Lipinski definition) is 9.